The summed E-state index contributed by atoms with van der Waals surface area (Å²) in [5.41, 5.74) is 19.6. The van der Waals surface area contributed by atoms with Crippen molar-refractivity contribution in [1.82, 2.24) is 58.9 Å². The van der Waals surface area contributed by atoms with Crippen LogP contribution >= 0.6 is 0 Å². The van der Waals surface area contributed by atoms with Gasteiger partial charge in [0.15, 0.2) is 11.5 Å². The van der Waals surface area contributed by atoms with Gasteiger partial charge in [0.1, 0.15) is 24.7 Å². The Morgan fingerprint density at radius 3 is 1.59 bits per heavy atom. The molecule has 0 spiro atoms. The molecular weight excluding hydrogens is 845 g/mol. The maximum Gasteiger partial charge on any atom is 0.259 e. The van der Waals surface area contributed by atoms with Gasteiger partial charge in [-0.15, -0.1) is 10.2 Å². The summed E-state index contributed by atoms with van der Waals surface area (Å²) < 4.78 is 47.1. The van der Waals surface area contributed by atoms with Crippen LogP contribution in [-0.2, 0) is 22.7 Å². The Bertz CT molecular complexity index is 2780. The van der Waals surface area contributed by atoms with E-state index in [1.165, 1.54) is 21.9 Å². The van der Waals surface area contributed by atoms with Crippen LogP contribution in [0.1, 0.15) is 11.1 Å². The molecule has 22 nitrogen and oxygen atoms in total. The molecule has 0 atom stereocenters. The molecule has 23 heteroatoms. The van der Waals surface area contributed by atoms with Crippen LogP contribution in [0.25, 0.3) is 34.7 Å². The van der Waals surface area contributed by atoms with Gasteiger partial charge in [-0.2, -0.15) is 38.9 Å². The van der Waals surface area contributed by atoms with Gasteiger partial charge in [-0.25, -0.2) is 8.42 Å². The second kappa shape index (κ2) is 21.7. The van der Waals surface area contributed by atoms with Crippen LogP contribution in [0, 0.1) is 0 Å². The van der Waals surface area contributed by atoms with E-state index >= 15 is 0 Å². The Labute approximate surface area is 369 Å². The smallest absolute Gasteiger partial charge is 0.259 e. The fourth-order valence-corrected chi connectivity index (χ4v) is 6.05. The minimum absolute atomic E-state index is 0.0410. The van der Waals surface area contributed by atoms with Gasteiger partial charge < -0.3 is 50.6 Å². The van der Waals surface area contributed by atoms with E-state index in [1.807, 2.05) is 52.5 Å². The highest BCUT2D eigenvalue weighted by Gasteiger charge is 2.19. The Balaban J connectivity index is 0.000000172. The number of sulfone groups is 1. The molecule has 0 aliphatic rings. The summed E-state index contributed by atoms with van der Waals surface area (Å²) in [6.07, 6.45) is 5.75. The molecule has 0 saturated heterocycles. The fourth-order valence-electron chi connectivity index (χ4n) is 5.54. The number of hydrogen-bond donors (Lipinski definition) is 4. The number of nitrogen functional groups attached to an aromatic ring is 2. The molecule has 8 aromatic rings. The monoisotopic (exact) mass is 896 g/mol. The highest BCUT2D eigenvalue weighted by Crippen LogP contribution is 2.20. The lowest BCUT2D eigenvalue weighted by atomic mass is 10.1. The number of furan rings is 2. The summed E-state index contributed by atoms with van der Waals surface area (Å²) in [5, 5.41) is 11.1. The normalized spacial score (nSPS) is 11.4. The molecule has 0 bridgehead atoms. The number of hydrogen-bond acceptors (Lipinski definition) is 20. The van der Waals surface area contributed by atoms with E-state index in [4.69, 9.17) is 35.5 Å². The Hall–Kier alpha value is -7.21. The molecule has 2 aromatic carbocycles. The standard InChI is InChI=1S/C20H24N8O2.C12H20N2O.C9H8N6O3S/c1-27(2)11-13-29-15-7-5-14(6-8-15)9-10-22-19-24-18(21)28-20(25-19)23-17(26-28)16-4-3-12-30-16;1-14(2)9-10-15-12-5-3-11(4-6-12)7-8-13;1-19(16,17)9-12-7(10)15-8(13-9)11-6(14-15)5-3-2-4-18-5/h3-8,12H,9-11,13H2,1-2H3,(H3,21,22,23,24,25,26);3-6H,7-10,13H2,1-2H3;2-4H,1H3,(H2,10,11,12,13,14). The average Bonchev–Trinajstić information content (AvgIpc) is 4.10. The van der Waals surface area contributed by atoms with Crippen molar-refractivity contribution in [3.8, 4) is 34.7 Å². The van der Waals surface area contributed by atoms with Crippen molar-refractivity contribution in [3.05, 3.63) is 96.4 Å². The summed E-state index contributed by atoms with van der Waals surface area (Å²) in [6, 6.07) is 23.1. The third kappa shape index (κ3) is 13.2. The zero-order chi connectivity index (χ0) is 45.6. The number of rotatable bonds is 17. The first-order valence-electron chi connectivity index (χ1n) is 20.0. The van der Waals surface area contributed by atoms with Gasteiger partial charge in [0.2, 0.25) is 39.3 Å². The highest BCUT2D eigenvalue weighted by atomic mass is 32.2. The molecule has 0 radical (unpaired) electrons. The number of nitrogens with zero attached hydrogens (tertiary/aromatic N) is 12. The van der Waals surface area contributed by atoms with Gasteiger partial charge in [0.25, 0.3) is 16.7 Å². The van der Waals surface area contributed by atoms with Crippen molar-refractivity contribution in [2.24, 2.45) is 5.73 Å². The molecule has 0 saturated carbocycles. The second-order valence-corrected chi connectivity index (χ2v) is 16.5. The van der Waals surface area contributed by atoms with Crippen molar-refractivity contribution in [2.45, 2.75) is 18.0 Å². The first-order valence-corrected chi connectivity index (χ1v) is 21.9. The molecule has 8 rings (SSSR count). The number of anilines is 3. The lowest BCUT2D eigenvalue weighted by Gasteiger charge is -2.11. The number of fused-ring (bicyclic) bond motifs is 2. The quantitative estimate of drug-likeness (QED) is 0.102. The van der Waals surface area contributed by atoms with Crippen molar-refractivity contribution in [3.63, 3.8) is 0 Å². The van der Waals surface area contributed by atoms with Crippen LogP contribution in [0.2, 0.25) is 0 Å². The third-order valence-corrected chi connectivity index (χ3v) is 9.70. The zero-order valence-corrected chi connectivity index (χ0v) is 37.0. The van der Waals surface area contributed by atoms with E-state index in [1.54, 1.807) is 30.5 Å². The molecule has 6 aromatic heterocycles. The van der Waals surface area contributed by atoms with Crippen LogP contribution in [0.4, 0.5) is 17.8 Å². The first kappa shape index (κ1) is 46.3. The van der Waals surface area contributed by atoms with E-state index in [9.17, 15) is 8.42 Å². The molecule has 0 aliphatic heterocycles. The summed E-state index contributed by atoms with van der Waals surface area (Å²) >= 11 is 0. The van der Waals surface area contributed by atoms with Crippen LogP contribution in [0.5, 0.6) is 11.5 Å². The molecule has 0 fully saturated rings. The van der Waals surface area contributed by atoms with Gasteiger partial charge in [-0.05, 0) is 107 Å². The maximum atomic E-state index is 11.4. The van der Waals surface area contributed by atoms with Crippen molar-refractivity contribution in [2.75, 3.05) is 90.6 Å². The van der Waals surface area contributed by atoms with E-state index in [0.717, 1.165) is 54.8 Å². The highest BCUT2D eigenvalue weighted by molar-refractivity contribution is 7.90. The summed E-state index contributed by atoms with van der Waals surface area (Å²) in [4.78, 5) is 28.7. The van der Waals surface area contributed by atoms with Gasteiger partial charge in [0.05, 0.1) is 12.5 Å². The molecule has 0 unspecified atom stereocenters. The summed E-state index contributed by atoms with van der Waals surface area (Å²) in [7, 11) is 4.55. The largest absolute Gasteiger partial charge is 0.492 e. The maximum absolute atomic E-state index is 11.4. The van der Waals surface area contributed by atoms with E-state index in [-0.39, 0.29) is 23.5 Å². The second-order valence-electron chi connectivity index (χ2n) is 14.6. The van der Waals surface area contributed by atoms with Gasteiger partial charge in [-0.3, -0.25) is 0 Å². The van der Waals surface area contributed by atoms with Crippen LogP contribution in [0.3, 0.4) is 0 Å². The number of nitrogens with two attached hydrogens (primary N) is 3. The number of nitrogens with one attached hydrogen (secondary N) is 1. The van der Waals surface area contributed by atoms with Gasteiger partial charge in [0, 0.05) is 25.9 Å². The minimum Gasteiger partial charge on any atom is -0.492 e. The first-order chi connectivity index (χ1) is 30.7. The van der Waals surface area contributed by atoms with Crippen LogP contribution in [0.15, 0.2) is 99.3 Å². The third-order valence-electron chi connectivity index (χ3n) is 8.85. The molecular formula is C41H52N16O6S. The molecule has 7 N–H and O–H groups in total. The lowest BCUT2D eigenvalue weighted by Crippen LogP contribution is -2.19. The molecule has 64 heavy (non-hydrogen) atoms. The number of benzene rings is 2. The zero-order valence-electron chi connectivity index (χ0n) is 36.2. The van der Waals surface area contributed by atoms with Crippen molar-refractivity contribution in [1.29, 1.82) is 0 Å². The fraction of sp³-hybridized carbons (Fsp3) is 0.317. The molecule has 338 valence electrons. The Kier molecular flexibility index (Phi) is 15.7. The van der Waals surface area contributed by atoms with Crippen molar-refractivity contribution >= 4 is 39.2 Å². The number of ether oxygens (including phenoxy) is 2. The van der Waals surface area contributed by atoms with Crippen molar-refractivity contribution < 1.29 is 26.7 Å². The minimum atomic E-state index is -3.57. The van der Waals surface area contributed by atoms with E-state index in [2.05, 4.69) is 79.5 Å². The number of likely N-dealkylation sites (N-methyl/N-ethyl adjacent to an activating group) is 2. The van der Waals surface area contributed by atoms with Crippen LogP contribution in [-0.4, -0.2) is 141 Å². The molecule has 0 amide bonds. The lowest BCUT2D eigenvalue weighted by molar-refractivity contribution is 0.261. The van der Waals surface area contributed by atoms with E-state index < -0.39 is 15.0 Å². The summed E-state index contributed by atoms with van der Waals surface area (Å²) in [6.45, 7) is 4.55. The predicted octanol–water partition coefficient (Wildman–Crippen LogP) is 2.85. The van der Waals surface area contributed by atoms with Crippen LogP contribution < -0.4 is 32.0 Å². The predicted molar refractivity (Wildman–Crippen MR) is 240 cm³/mol. The Morgan fingerprint density at radius 2 is 1.14 bits per heavy atom. The Morgan fingerprint density at radius 1 is 0.656 bits per heavy atom. The van der Waals surface area contributed by atoms with Gasteiger partial charge in [-0.1, -0.05) is 24.3 Å². The van der Waals surface area contributed by atoms with E-state index in [0.29, 0.717) is 48.8 Å². The SMILES string of the molecule is CN(C)CCOc1ccc(CCN)cc1.CN(C)CCOc1ccc(CCNc2nc(N)n3nc(-c4ccco4)nc3n2)cc1.CS(=O)(=O)c1nc(N)n2nc(-c3ccco3)nc2n1. The topological polar surface area (TPSA) is 287 Å². The number of aromatic nitrogens is 10. The van der Waals surface area contributed by atoms with Gasteiger partial charge >= 0.3 is 0 Å². The average molecular weight is 897 g/mol. The molecule has 0 aliphatic carbocycles. The molecule has 6 heterocycles. The summed E-state index contributed by atoms with van der Waals surface area (Å²) in [5.74, 6) is 4.31.